The lowest BCUT2D eigenvalue weighted by Gasteiger charge is -2.37. The van der Waals surface area contributed by atoms with Crippen LogP contribution in [0.2, 0.25) is 0 Å². The van der Waals surface area contributed by atoms with Gasteiger partial charge in [0.1, 0.15) is 0 Å². The number of hydrogen-bond donors (Lipinski definition) is 0. The third kappa shape index (κ3) is 5.37. The van der Waals surface area contributed by atoms with E-state index in [0.717, 1.165) is 25.9 Å². The molecule has 1 aromatic rings. The standard InChI is InChI=1S/C18H28N4O3/c1-14-10-22(11-15(2)25-14)18(23)12-21-7-3-16(4-8-21)13-24-17-9-19-5-6-20-17/h5-6,9,14-16H,3-4,7-8,10-13H2,1-2H3. The second-order valence-electron chi connectivity index (χ2n) is 7.13. The lowest BCUT2D eigenvalue weighted by atomic mass is 9.98. The van der Waals surface area contributed by atoms with E-state index in [0.29, 0.717) is 38.0 Å². The van der Waals surface area contributed by atoms with Crippen LogP contribution in [-0.2, 0) is 9.53 Å². The Morgan fingerprint density at radius 3 is 2.60 bits per heavy atom. The quantitative estimate of drug-likeness (QED) is 0.797. The molecule has 2 aliphatic heterocycles. The van der Waals surface area contributed by atoms with Crippen molar-refractivity contribution in [3.8, 4) is 5.88 Å². The van der Waals surface area contributed by atoms with Crippen LogP contribution >= 0.6 is 0 Å². The summed E-state index contributed by atoms with van der Waals surface area (Å²) in [6, 6.07) is 0. The molecule has 0 bridgehead atoms. The molecule has 7 nitrogen and oxygen atoms in total. The van der Waals surface area contributed by atoms with Crippen molar-refractivity contribution >= 4 is 5.91 Å². The van der Waals surface area contributed by atoms with Gasteiger partial charge in [-0.05, 0) is 45.7 Å². The molecule has 3 rings (SSSR count). The summed E-state index contributed by atoms with van der Waals surface area (Å²) < 4.78 is 11.4. The van der Waals surface area contributed by atoms with Gasteiger partial charge < -0.3 is 14.4 Å². The first-order chi connectivity index (χ1) is 12.1. The van der Waals surface area contributed by atoms with E-state index in [1.165, 1.54) is 0 Å². The SMILES string of the molecule is CC1CN(C(=O)CN2CCC(COc3cnccn3)CC2)CC(C)O1. The van der Waals surface area contributed by atoms with E-state index in [4.69, 9.17) is 9.47 Å². The molecule has 0 N–H and O–H groups in total. The lowest BCUT2D eigenvalue weighted by molar-refractivity contribution is -0.144. The highest BCUT2D eigenvalue weighted by Gasteiger charge is 2.28. The van der Waals surface area contributed by atoms with Gasteiger partial charge in [0, 0.05) is 25.5 Å². The number of carbonyl (C=O) groups excluding carboxylic acids is 1. The molecule has 0 aliphatic carbocycles. The number of aromatic nitrogens is 2. The highest BCUT2D eigenvalue weighted by molar-refractivity contribution is 5.78. The van der Waals surface area contributed by atoms with Crippen molar-refractivity contribution in [3.63, 3.8) is 0 Å². The third-order valence-electron chi connectivity index (χ3n) is 4.84. The van der Waals surface area contributed by atoms with Crippen molar-refractivity contribution in [2.45, 2.75) is 38.9 Å². The van der Waals surface area contributed by atoms with E-state index in [9.17, 15) is 4.79 Å². The minimum absolute atomic E-state index is 0.122. The van der Waals surface area contributed by atoms with E-state index in [-0.39, 0.29) is 18.1 Å². The van der Waals surface area contributed by atoms with Crippen LogP contribution < -0.4 is 4.74 Å². The normalized spacial score (nSPS) is 25.8. The molecule has 25 heavy (non-hydrogen) atoms. The molecule has 0 aromatic carbocycles. The highest BCUT2D eigenvalue weighted by atomic mass is 16.5. The smallest absolute Gasteiger partial charge is 0.236 e. The number of likely N-dealkylation sites (tertiary alicyclic amines) is 1. The largest absolute Gasteiger partial charge is 0.476 e. The highest BCUT2D eigenvalue weighted by Crippen LogP contribution is 2.19. The van der Waals surface area contributed by atoms with Crippen LogP contribution in [0, 0.1) is 5.92 Å². The minimum atomic E-state index is 0.122. The molecule has 2 atom stereocenters. The molecule has 2 fully saturated rings. The van der Waals surface area contributed by atoms with E-state index >= 15 is 0 Å². The van der Waals surface area contributed by atoms with Gasteiger partial charge in [-0.2, -0.15) is 0 Å². The van der Waals surface area contributed by atoms with Crippen LogP contribution in [0.4, 0.5) is 0 Å². The third-order valence-corrected chi connectivity index (χ3v) is 4.84. The van der Waals surface area contributed by atoms with E-state index < -0.39 is 0 Å². The molecule has 0 spiro atoms. The fraction of sp³-hybridized carbons (Fsp3) is 0.722. The number of amides is 1. The zero-order valence-electron chi connectivity index (χ0n) is 15.1. The Morgan fingerprint density at radius 1 is 1.24 bits per heavy atom. The summed E-state index contributed by atoms with van der Waals surface area (Å²) >= 11 is 0. The predicted octanol–water partition coefficient (Wildman–Crippen LogP) is 1.20. The van der Waals surface area contributed by atoms with Gasteiger partial charge in [-0.3, -0.25) is 14.7 Å². The molecular formula is C18H28N4O3. The number of nitrogens with zero attached hydrogens (tertiary/aromatic N) is 4. The number of morpholine rings is 1. The second kappa shape index (κ2) is 8.58. The second-order valence-corrected chi connectivity index (χ2v) is 7.13. The van der Waals surface area contributed by atoms with Gasteiger partial charge in [-0.15, -0.1) is 0 Å². The van der Waals surface area contributed by atoms with Crippen LogP contribution in [-0.4, -0.2) is 77.2 Å². The number of hydrogen-bond acceptors (Lipinski definition) is 6. The van der Waals surface area contributed by atoms with Crippen molar-refractivity contribution in [2.75, 3.05) is 39.3 Å². The van der Waals surface area contributed by atoms with Gasteiger partial charge >= 0.3 is 0 Å². The van der Waals surface area contributed by atoms with Crippen LogP contribution in [0.15, 0.2) is 18.6 Å². The number of rotatable bonds is 5. The Balaban J connectivity index is 1.38. The van der Waals surface area contributed by atoms with Gasteiger partial charge in [0.2, 0.25) is 11.8 Å². The first-order valence-electron chi connectivity index (χ1n) is 9.14. The molecule has 2 saturated heterocycles. The number of piperidine rings is 1. The molecule has 3 heterocycles. The molecule has 2 unspecified atom stereocenters. The topological polar surface area (TPSA) is 67.8 Å². The zero-order chi connectivity index (χ0) is 17.6. The molecule has 1 aromatic heterocycles. The van der Waals surface area contributed by atoms with Crippen molar-refractivity contribution < 1.29 is 14.3 Å². The molecular weight excluding hydrogens is 320 g/mol. The van der Waals surface area contributed by atoms with E-state index in [1.54, 1.807) is 18.6 Å². The summed E-state index contributed by atoms with van der Waals surface area (Å²) in [7, 11) is 0. The van der Waals surface area contributed by atoms with Crippen LogP contribution in [0.1, 0.15) is 26.7 Å². The van der Waals surface area contributed by atoms with Gasteiger partial charge in [0.05, 0.1) is 31.6 Å². The summed E-state index contributed by atoms with van der Waals surface area (Å²) in [6.07, 6.45) is 7.24. The molecule has 138 valence electrons. The molecule has 7 heteroatoms. The Morgan fingerprint density at radius 2 is 1.96 bits per heavy atom. The Kier molecular flexibility index (Phi) is 6.20. The van der Waals surface area contributed by atoms with E-state index in [2.05, 4.69) is 14.9 Å². The maximum Gasteiger partial charge on any atom is 0.236 e. The van der Waals surface area contributed by atoms with Crippen molar-refractivity contribution in [1.29, 1.82) is 0 Å². The van der Waals surface area contributed by atoms with Gasteiger partial charge in [0.25, 0.3) is 0 Å². The molecule has 0 saturated carbocycles. The fourth-order valence-corrected chi connectivity index (χ4v) is 3.55. The van der Waals surface area contributed by atoms with Crippen molar-refractivity contribution in [3.05, 3.63) is 18.6 Å². The maximum absolute atomic E-state index is 12.5. The number of carbonyl (C=O) groups is 1. The lowest BCUT2D eigenvalue weighted by Crippen LogP contribution is -2.51. The Labute approximate surface area is 149 Å². The molecule has 0 radical (unpaired) electrons. The van der Waals surface area contributed by atoms with E-state index in [1.807, 2.05) is 18.7 Å². The Bertz CT molecular complexity index is 539. The molecule has 1 amide bonds. The van der Waals surface area contributed by atoms with Gasteiger partial charge in [-0.25, -0.2) is 4.98 Å². The van der Waals surface area contributed by atoms with Crippen LogP contribution in [0.25, 0.3) is 0 Å². The van der Waals surface area contributed by atoms with Crippen molar-refractivity contribution in [2.24, 2.45) is 5.92 Å². The number of ether oxygens (including phenoxy) is 2. The predicted molar refractivity (Wildman–Crippen MR) is 93.3 cm³/mol. The minimum Gasteiger partial charge on any atom is -0.476 e. The fourth-order valence-electron chi connectivity index (χ4n) is 3.55. The summed E-state index contributed by atoms with van der Waals surface area (Å²) in [6.45, 7) is 8.51. The maximum atomic E-state index is 12.5. The zero-order valence-corrected chi connectivity index (χ0v) is 15.1. The summed E-state index contributed by atoms with van der Waals surface area (Å²) in [5.41, 5.74) is 0. The van der Waals surface area contributed by atoms with Crippen LogP contribution in [0.5, 0.6) is 5.88 Å². The Hall–Kier alpha value is -1.73. The molecule has 2 aliphatic rings. The van der Waals surface area contributed by atoms with Gasteiger partial charge in [0.15, 0.2) is 0 Å². The summed E-state index contributed by atoms with van der Waals surface area (Å²) in [5.74, 6) is 1.31. The van der Waals surface area contributed by atoms with Gasteiger partial charge in [-0.1, -0.05) is 0 Å². The van der Waals surface area contributed by atoms with Crippen molar-refractivity contribution in [1.82, 2.24) is 19.8 Å². The average Bonchev–Trinajstić information content (AvgIpc) is 2.61. The average molecular weight is 348 g/mol. The monoisotopic (exact) mass is 348 g/mol. The first kappa shape index (κ1) is 18.1. The summed E-state index contributed by atoms with van der Waals surface area (Å²) in [5, 5.41) is 0. The first-order valence-corrected chi connectivity index (χ1v) is 9.14. The van der Waals surface area contributed by atoms with Crippen LogP contribution in [0.3, 0.4) is 0 Å². The summed E-state index contributed by atoms with van der Waals surface area (Å²) in [4.78, 5) is 24.9.